The van der Waals surface area contributed by atoms with Gasteiger partial charge in [0.25, 0.3) is 5.91 Å². The summed E-state index contributed by atoms with van der Waals surface area (Å²) in [4.78, 5) is 26.6. The Kier molecular flexibility index (Phi) is 4.59. The van der Waals surface area contributed by atoms with Crippen LogP contribution < -0.4 is 11.1 Å². The molecule has 0 atom stereocenters. The van der Waals surface area contributed by atoms with Crippen LogP contribution in [-0.4, -0.2) is 37.8 Å². The van der Waals surface area contributed by atoms with Crippen LogP contribution in [0.5, 0.6) is 0 Å². The fourth-order valence-electron chi connectivity index (χ4n) is 3.89. The average molecular weight is 399 g/mol. The highest BCUT2D eigenvalue weighted by molar-refractivity contribution is 6.10. The van der Waals surface area contributed by atoms with Crippen LogP contribution in [0.2, 0.25) is 0 Å². The Bertz CT molecular complexity index is 1260. The maximum Gasteiger partial charge on any atom is 0.257 e. The van der Waals surface area contributed by atoms with Gasteiger partial charge in [-0.05, 0) is 31.0 Å². The Morgan fingerprint density at radius 3 is 2.63 bits per heavy atom. The Labute approximate surface area is 172 Å². The summed E-state index contributed by atoms with van der Waals surface area (Å²) in [5, 5.41) is 7.59. The van der Waals surface area contributed by atoms with E-state index < -0.39 is 0 Å². The number of nitrogen functional groups attached to an aromatic ring is 1. The van der Waals surface area contributed by atoms with E-state index in [-0.39, 0.29) is 17.8 Å². The third kappa shape index (κ3) is 3.26. The van der Waals surface area contributed by atoms with Crippen molar-refractivity contribution >= 4 is 40.1 Å². The second-order valence-corrected chi connectivity index (χ2v) is 7.44. The highest BCUT2D eigenvalue weighted by Crippen LogP contribution is 2.28. The molecule has 1 aliphatic rings. The Morgan fingerprint density at radius 1 is 1.13 bits per heavy atom. The van der Waals surface area contributed by atoms with Gasteiger partial charge in [-0.3, -0.25) is 9.78 Å². The van der Waals surface area contributed by atoms with Crippen LogP contribution in [-0.2, 0) is 0 Å². The van der Waals surface area contributed by atoms with Crippen molar-refractivity contribution in [1.82, 2.24) is 24.9 Å². The molecule has 0 unspecified atom stereocenters. The number of benzene rings is 1. The fraction of sp³-hybridized carbons (Fsp3) is 0.227. The molecule has 1 saturated carbocycles. The minimum atomic E-state index is -0.232. The third-order valence-electron chi connectivity index (χ3n) is 5.40. The number of rotatable bonds is 4. The largest absolute Gasteiger partial charge is 0.383 e. The number of pyridine rings is 1. The molecule has 3 aromatic heterocycles. The maximum absolute atomic E-state index is 13.1. The number of nitrogens with zero attached hydrogens (tertiary/aromatic N) is 5. The van der Waals surface area contributed by atoms with Crippen LogP contribution in [0, 0.1) is 0 Å². The lowest BCUT2D eigenvalue weighted by Gasteiger charge is -2.11. The predicted molar refractivity (Wildman–Crippen MR) is 116 cm³/mol. The Hall–Kier alpha value is -3.81. The number of nitrogens with one attached hydrogen (secondary N) is 1. The summed E-state index contributed by atoms with van der Waals surface area (Å²) in [7, 11) is 0. The molecule has 3 heterocycles. The molecule has 1 aromatic carbocycles. The average Bonchev–Trinajstić information content (AvgIpc) is 3.36. The summed E-state index contributed by atoms with van der Waals surface area (Å²) < 4.78 is 1.48. The van der Waals surface area contributed by atoms with Gasteiger partial charge >= 0.3 is 0 Å². The van der Waals surface area contributed by atoms with E-state index in [4.69, 9.17) is 15.7 Å². The SMILES string of the molecule is Nc1c(C(=O)NC2CCCC2)c2nc3ccccc3nc2n1/N=C/c1cccnc1. The highest BCUT2D eigenvalue weighted by atomic mass is 16.1. The lowest BCUT2D eigenvalue weighted by atomic mass is 10.2. The summed E-state index contributed by atoms with van der Waals surface area (Å²) in [5.41, 5.74) is 9.85. The second-order valence-electron chi connectivity index (χ2n) is 7.44. The Balaban J connectivity index is 1.66. The van der Waals surface area contributed by atoms with Gasteiger partial charge in [-0.1, -0.05) is 31.0 Å². The number of carbonyl (C=O) groups is 1. The van der Waals surface area contributed by atoms with Gasteiger partial charge in [0.15, 0.2) is 5.65 Å². The number of hydrogen-bond donors (Lipinski definition) is 2. The number of anilines is 1. The highest BCUT2D eigenvalue weighted by Gasteiger charge is 2.26. The zero-order chi connectivity index (χ0) is 20.5. The first-order chi connectivity index (χ1) is 14.7. The number of aromatic nitrogens is 4. The van der Waals surface area contributed by atoms with Crippen LogP contribution >= 0.6 is 0 Å². The molecule has 1 amide bonds. The topological polar surface area (TPSA) is 111 Å². The summed E-state index contributed by atoms with van der Waals surface area (Å²) in [6.45, 7) is 0. The van der Waals surface area contributed by atoms with Crippen LogP contribution in [0.1, 0.15) is 41.6 Å². The quantitative estimate of drug-likeness (QED) is 0.512. The molecule has 150 valence electrons. The van der Waals surface area contributed by atoms with E-state index in [1.54, 1.807) is 18.6 Å². The van der Waals surface area contributed by atoms with E-state index in [0.29, 0.717) is 27.8 Å². The first-order valence-corrected chi connectivity index (χ1v) is 10.0. The van der Waals surface area contributed by atoms with E-state index >= 15 is 0 Å². The van der Waals surface area contributed by atoms with Gasteiger partial charge in [0.2, 0.25) is 0 Å². The van der Waals surface area contributed by atoms with Crippen molar-refractivity contribution in [2.45, 2.75) is 31.7 Å². The molecule has 8 nitrogen and oxygen atoms in total. The summed E-state index contributed by atoms with van der Waals surface area (Å²) in [5.74, 6) is -0.0137. The lowest BCUT2D eigenvalue weighted by molar-refractivity contribution is 0.0940. The molecule has 1 fully saturated rings. The maximum atomic E-state index is 13.1. The van der Waals surface area contributed by atoms with E-state index in [1.165, 1.54) is 4.68 Å². The fourth-order valence-corrected chi connectivity index (χ4v) is 3.89. The molecule has 8 heteroatoms. The standard InChI is InChI=1S/C22H21N7O/c23-20-18(22(30)26-15-7-1-2-8-15)19-21(28-17-10-4-3-9-16(17)27-19)29(20)25-13-14-6-5-11-24-12-14/h3-6,9-13,15H,1-2,7-8,23H2,(H,26,30)/b25-13+. The van der Waals surface area contributed by atoms with Gasteiger partial charge in [0.1, 0.15) is 16.9 Å². The predicted octanol–water partition coefficient (Wildman–Crippen LogP) is 3.12. The van der Waals surface area contributed by atoms with Crippen LogP contribution in [0.4, 0.5) is 5.82 Å². The number of fused-ring (bicyclic) bond motifs is 2. The lowest BCUT2D eigenvalue weighted by Crippen LogP contribution is -2.33. The van der Waals surface area contributed by atoms with Gasteiger partial charge in [-0.2, -0.15) is 9.78 Å². The van der Waals surface area contributed by atoms with Crippen molar-refractivity contribution < 1.29 is 4.79 Å². The molecule has 0 saturated heterocycles. The molecule has 5 rings (SSSR count). The zero-order valence-corrected chi connectivity index (χ0v) is 16.3. The second kappa shape index (κ2) is 7.55. The number of nitrogens with two attached hydrogens (primary N) is 1. The number of carbonyl (C=O) groups excluding carboxylic acids is 1. The Morgan fingerprint density at radius 2 is 1.90 bits per heavy atom. The van der Waals surface area contributed by atoms with E-state index in [9.17, 15) is 4.79 Å². The van der Waals surface area contributed by atoms with Crippen molar-refractivity contribution in [2.75, 3.05) is 5.73 Å². The van der Waals surface area contributed by atoms with Crippen LogP contribution in [0.3, 0.4) is 0 Å². The molecule has 0 spiro atoms. The van der Waals surface area contributed by atoms with Gasteiger partial charge in [-0.15, -0.1) is 0 Å². The smallest absolute Gasteiger partial charge is 0.257 e. The molecule has 0 aliphatic heterocycles. The summed E-state index contributed by atoms with van der Waals surface area (Å²) >= 11 is 0. The van der Waals surface area contributed by atoms with E-state index in [1.807, 2.05) is 36.4 Å². The van der Waals surface area contributed by atoms with Gasteiger partial charge in [0.05, 0.1) is 17.2 Å². The number of hydrogen-bond acceptors (Lipinski definition) is 6. The zero-order valence-electron chi connectivity index (χ0n) is 16.3. The molecular weight excluding hydrogens is 378 g/mol. The van der Waals surface area contributed by atoms with Crippen molar-refractivity contribution in [3.8, 4) is 0 Å². The monoisotopic (exact) mass is 399 g/mol. The molecule has 1 aliphatic carbocycles. The normalized spacial score (nSPS) is 14.8. The third-order valence-corrected chi connectivity index (χ3v) is 5.40. The van der Waals surface area contributed by atoms with Gasteiger partial charge in [-0.25, -0.2) is 9.97 Å². The minimum absolute atomic E-state index is 0.169. The molecule has 0 bridgehead atoms. The van der Waals surface area contributed by atoms with Crippen molar-refractivity contribution in [3.05, 3.63) is 59.9 Å². The number of para-hydroxylation sites is 2. The number of amides is 1. The van der Waals surface area contributed by atoms with Crippen molar-refractivity contribution in [1.29, 1.82) is 0 Å². The van der Waals surface area contributed by atoms with Crippen LogP contribution in [0.15, 0.2) is 53.9 Å². The first kappa shape index (κ1) is 18.2. The van der Waals surface area contributed by atoms with Crippen molar-refractivity contribution in [2.24, 2.45) is 5.10 Å². The molecule has 4 aromatic rings. The molecular formula is C22H21N7O. The molecule has 3 N–H and O–H groups in total. The summed E-state index contributed by atoms with van der Waals surface area (Å²) in [6, 6.07) is 11.4. The molecule has 30 heavy (non-hydrogen) atoms. The van der Waals surface area contributed by atoms with Crippen molar-refractivity contribution in [3.63, 3.8) is 0 Å². The van der Waals surface area contributed by atoms with E-state index in [2.05, 4.69) is 15.4 Å². The first-order valence-electron chi connectivity index (χ1n) is 10.0. The van der Waals surface area contributed by atoms with Gasteiger partial charge in [0, 0.05) is 24.0 Å². The van der Waals surface area contributed by atoms with Gasteiger partial charge < -0.3 is 11.1 Å². The molecule has 0 radical (unpaired) electrons. The summed E-state index contributed by atoms with van der Waals surface area (Å²) in [6.07, 6.45) is 9.25. The minimum Gasteiger partial charge on any atom is -0.383 e. The van der Waals surface area contributed by atoms with Crippen LogP contribution in [0.25, 0.3) is 22.2 Å². The van der Waals surface area contributed by atoms with E-state index in [0.717, 1.165) is 31.2 Å².